The maximum atomic E-state index is 13.7. The van der Waals surface area contributed by atoms with Gasteiger partial charge in [-0.3, -0.25) is 0 Å². The van der Waals surface area contributed by atoms with Gasteiger partial charge in [-0.05, 0) is 30.5 Å². The Kier molecular flexibility index (Phi) is 4.45. The van der Waals surface area contributed by atoms with E-state index in [2.05, 4.69) is 23.5 Å². The Hall–Kier alpha value is -2.23. The summed E-state index contributed by atoms with van der Waals surface area (Å²) in [4.78, 5) is 8.51. The third-order valence-corrected chi connectivity index (χ3v) is 3.01. The highest BCUT2D eigenvalue weighted by atomic mass is 19.1. The van der Waals surface area contributed by atoms with Crippen LogP contribution in [-0.4, -0.2) is 15.1 Å². The third kappa shape index (κ3) is 3.02. The molecule has 0 atom stereocenters. The Bertz CT molecular complexity index is 609. The molecule has 3 nitrogen and oxygen atoms in total. The van der Waals surface area contributed by atoms with E-state index in [1.807, 2.05) is 0 Å². The van der Waals surface area contributed by atoms with E-state index in [0.29, 0.717) is 23.4 Å². The summed E-state index contributed by atoms with van der Waals surface area (Å²) >= 11 is 0. The van der Waals surface area contributed by atoms with Gasteiger partial charge in [-0.2, -0.15) is 0 Å². The van der Waals surface area contributed by atoms with Gasteiger partial charge in [-0.1, -0.05) is 19.4 Å². The van der Waals surface area contributed by atoms with Crippen molar-refractivity contribution >= 4 is 0 Å². The first-order valence-corrected chi connectivity index (χ1v) is 6.59. The van der Waals surface area contributed by atoms with Gasteiger partial charge in [0.05, 0.1) is 0 Å². The van der Waals surface area contributed by atoms with Gasteiger partial charge in [0.1, 0.15) is 0 Å². The summed E-state index contributed by atoms with van der Waals surface area (Å²) in [7, 11) is 0. The van der Waals surface area contributed by atoms with Crippen molar-refractivity contribution in [3.05, 3.63) is 54.1 Å². The fraction of sp³-hybridized carbons (Fsp3) is 0.250. The SMILES string of the molecule is C=CCc1cc(-c2ncc(CCC)cn2)cc(F)c1O. The molecule has 0 saturated heterocycles. The van der Waals surface area contributed by atoms with Gasteiger partial charge in [0.2, 0.25) is 0 Å². The van der Waals surface area contributed by atoms with E-state index in [1.54, 1.807) is 24.5 Å². The fourth-order valence-electron chi connectivity index (χ4n) is 2.02. The van der Waals surface area contributed by atoms with Crippen LogP contribution in [0.25, 0.3) is 11.4 Å². The van der Waals surface area contributed by atoms with Gasteiger partial charge in [0, 0.05) is 23.5 Å². The molecule has 1 N–H and O–H groups in total. The normalized spacial score (nSPS) is 10.5. The second-order valence-corrected chi connectivity index (χ2v) is 4.62. The number of hydrogen-bond acceptors (Lipinski definition) is 3. The first-order chi connectivity index (χ1) is 9.65. The maximum Gasteiger partial charge on any atom is 0.165 e. The molecule has 0 bridgehead atoms. The molecule has 0 aliphatic carbocycles. The number of benzene rings is 1. The van der Waals surface area contributed by atoms with Gasteiger partial charge < -0.3 is 5.11 Å². The van der Waals surface area contributed by atoms with Crippen molar-refractivity contribution in [1.82, 2.24) is 9.97 Å². The Morgan fingerprint density at radius 2 is 2.00 bits per heavy atom. The maximum absolute atomic E-state index is 13.7. The van der Waals surface area contributed by atoms with Crippen LogP contribution in [0.15, 0.2) is 37.2 Å². The molecule has 1 aromatic heterocycles. The molecule has 20 heavy (non-hydrogen) atoms. The van der Waals surface area contributed by atoms with Crippen LogP contribution in [-0.2, 0) is 12.8 Å². The minimum Gasteiger partial charge on any atom is -0.505 e. The van der Waals surface area contributed by atoms with E-state index in [0.717, 1.165) is 18.4 Å². The first-order valence-electron chi connectivity index (χ1n) is 6.59. The largest absolute Gasteiger partial charge is 0.505 e. The van der Waals surface area contributed by atoms with Gasteiger partial charge in [0.15, 0.2) is 17.4 Å². The molecule has 1 aromatic carbocycles. The molecular formula is C16H17FN2O. The van der Waals surface area contributed by atoms with Crippen molar-refractivity contribution in [3.63, 3.8) is 0 Å². The van der Waals surface area contributed by atoms with E-state index in [-0.39, 0.29) is 5.75 Å². The quantitative estimate of drug-likeness (QED) is 0.845. The smallest absolute Gasteiger partial charge is 0.165 e. The highest BCUT2D eigenvalue weighted by Gasteiger charge is 2.11. The third-order valence-electron chi connectivity index (χ3n) is 3.01. The van der Waals surface area contributed by atoms with Crippen LogP contribution in [0.5, 0.6) is 5.75 Å². The van der Waals surface area contributed by atoms with E-state index in [9.17, 15) is 9.50 Å². The number of nitrogens with zero attached hydrogens (tertiary/aromatic N) is 2. The Morgan fingerprint density at radius 1 is 1.30 bits per heavy atom. The average molecular weight is 272 g/mol. The zero-order chi connectivity index (χ0) is 14.5. The molecule has 0 fully saturated rings. The Labute approximate surface area is 117 Å². The van der Waals surface area contributed by atoms with E-state index in [4.69, 9.17) is 0 Å². The summed E-state index contributed by atoms with van der Waals surface area (Å²) < 4.78 is 13.7. The van der Waals surface area contributed by atoms with Crippen molar-refractivity contribution in [2.45, 2.75) is 26.2 Å². The van der Waals surface area contributed by atoms with Crippen molar-refractivity contribution in [3.8, 4) is 17.1 Å². The van der Waals surface area contributed by atoms with E-state index >= 15 is 0 Å². The van der Waals surface area contributed by atoms with E-state index in [1.165, 1.54) is 6.07 Å². The predicted molar refractivity (Wildman–Crippen MR) is 77.0 cm³/mol. The summed E-state index contributed by atoms with van der Waals surface area (Å²) in [5.74, 6) is -0.550. The van der Waals surface area contributed by atoms with Crippen molar-refractivity contribution in [2.24, 2.45) is 0 Å². The number of aryl methyl sites for hydroxylation is 1. The number of hydrogen-bond donors (Lipinski definition) is 1. The highest BCUT2D eigenvalue weighted by molar-refractivity contribution is 5.59. The summed E-state index contributed by atoms with van der Waals surface area (Å²) in [6, 6.07) is 2.94. The standard InChI is InChI=1S/C16H17FN2O/c1-3-5-11-9-18-16(19-10-11)13-7-12(6-4-2)15(20)14(17)8-13/h4,7-10,20H,2-3,5-6H2,1H3. The second-order valence-electron chi connectivity index (χ2n) is 4.62. The average Bonchev–Trinajstić information content (AvgIpc) is 2.45. The lowest BCUT2D eigenvalue weighted by Gasteiger charge is -2.07. The number of aromatic nitrogens is 2. The number of phenolic OH excluding ortho intramolecular Hbond substituents is 1. The van der Waals surface area contributed by atoms with Crippen molar-refractivity contribution in [1.29, 1.82) is 0 Å². The zero-order valence-corrected chi connectivity index (χ0v) is 11.4. The molecule has 0 radical (unpaired) electrons. The topological polar surface area (TPSA) is 46.0 Å². The predicted octanol–water partition coefficient (Wildman–Crippen LogP) is 3.67. The van der Waals surface area contributed by atoms with Gasteiger partial charge in [-0.15, -0.1) is 6.58 Å². The second kappa shape index (κ2) is 6.28. The fourth-order valence-corrected chi connectivity index (χ4v) is 2.02. The molecule has 0 amide bonds. The minimum absolute atomic E-state index is 0.337. The Balaban J connectivity index is 2.39. The number of rotatable bonds is 5. The summed E-state index contributed by atoms with van der Waals surface area (Å²) in [6.07, 6.45) is 7.47. The first kappa shape index (κ1) is 14.2. The molecule has 2 aromatic rings. The van der Waals surface area contributed by atoms with Crippen molar-refractivity contribution in [2.75, 3.05) is 0 Å². The van der Waals surface area contributed by atoms with Gasteiger partial charge in [0.25, 0.3) is 0 Å². The number of allylic oxidation sites excluding steroid dienone is 1. The van der Waals surface area contributed by atoms with Gasteiger partial charge in [-0.25, -0.2) is 14.4 Å². The van der Waals surface area contributed by atoms with Crippen LogP contribution in [0.4, 0.5) is 4.39 Å². The number of phenols is 1. The summed E-state index contributed by atoms with van der Waals surface area (Å²) in [5, 5.41) is 9.65. The molecule has 1 heterocycles. The molecular weight excluding hydrogens is 255 g/mol. The highest BCUT2D eigenvalue weighted by Crippen LogP contribution is 2.28. The number of halogens is 1. The molecule has 2 rings (SSSR count). The lowest BCUT2D eigenvalue weighted by atomic mass is 10.1. The molecule has 104 valence electrons. The van der Waals surface area contributed by atoms with Crippen LogP contribution in [0, 0.1) is 5.82 Å². The van der Waals surface area contributed by atoms with Crippen LogP contribution in [0.2, 0.25) is 0 Å². The lowest BCUT2D eigenvalue weighted by molar-refractivity contribution is 0.427. The zero-order valence-electron chi connectivity index (χ0n) is 11.4. The molecule has 0 aliphatic rings. The van der Waals surface area contributed by atoms with Crippen molar-refractivity contribution < 1.29 is 9.50 Å². The Morgan fingerprint density at radius 3 is 2.60 bits per heavy atom. The lowest BCUT2D eigenvalue weighted by Crippen LogP contribution is -1.95. The summed E-state index contributed by atoms with van der Waals surface area (Å²) in [6.45, 7) is 5.68. The molecule has 0 spiro atoms. The minimum atomic E-state index is -0.666. The summed E-state index contributed by atoms with van der Waals surface area (Å²) in [5.41, 5.74) is 2.10. The van der Waals surface area contributed by atoms with Crippen LogP contribution in [0.1, 0.15) is 24.5 Å². The van der Waals surface area contributed by atoms with Gasteiger partial charge >= 0.3 is 0 Å². The van der Waals surface area contributed by atoms with Crippen LogP contribution in [0.3, 0.4) is 0 Å². The monoisotopic (exact) mass is 272 g/mol. The molecule has 0 aliphatic heterocycles. The molecule has 0 saturated carbocycles. The number of aromatic hydroxyl groups is 1. The molecule has 0 unspecified atom stereocenters. The van der Waals surface area contributed by atoms with Crippen LogP contribution < -0.4 is 0 Å². The molecule has 4 heteroatoms. The van der Waals surface area contributed by atoms with E-state index < -0.39 is 5.82 Å². The van der Waals surface area contributed by atoms with Crippen LogP contribution >= 0.6 is 0 Å².